The third-order valence-corrected chi connectivity index (χ3v) is 4.17. The zero-order valence-electron chi connectivity index (χ0n) is 15.5. The molecular weight excluding hydrogens is 425 g/mol. The lowest BCUT2D eigenvalue weighted by Crippen LogP contribution is -2.20. The van der Waals surface area contributed by atoms with Gasteiger partial charge in [-0.3, -0.25) is 9.59 Å². The fourth-order valence-corrected chi connectivity index (χ4v) is 2.80. The molecule has 0 aliphatic rings. The number of amides is 1. The van der Waals surface area contributed by atoms with Crippen molar-refractivity contribution in [2.75, 3.05) is 27.4 Å². The highest BCUT2D eigenvalue weighted by molar-refractivity contribution is 6.36. The predicted molar refractivity (Wildman–Crippen MR) is 105 cm³/mol. The van der Waals surface area contributed by atoms with Crippen molar-refractivity contribution in [1.82, 2.24) is 0 Å². The number of ketones is 1. The molecule has 0 atom stereocenters. The fraction of sp³-hybridized carbons (Fsp3) is 0.211. The van der Waals surface area contributed by atoms with Gasteiger partial charge in [0, 0.05) is 10.6 Å². The molecule has 2 rings (SSSR count). The van der Waals surface area contributed by atoms with Crippen molar-refractivity contribution in [3.8, 4) is 17.2 Å². The van der Waals surface area contributed by atoms with Gasteiger partial charge in [-0.2, -0.15) is 0 Å². The summed E-state index contributed by atoms with van der Waals surface area (Å²) >= 11 is 11.8. The Bertz CT molecular complexity index is 921. The van der Waals surface area contributed by atoms with E-state index in [0.29, 0.717) is 5.02 Å². The van der Waals surface area contributed by atoms with Gasteiger partial charge in [0.2, 0.25) is 11.5 Å². The normalized spacial score (nSPS) is 10.2. The van der Waals surface area contributed by atoms with Crippen molar-refractivity contribution in [3.63, 3.8) is 0 Å². The number of benzene rings is 2. The molecule has 154 valence electrons. The van der Waals surface area contributed by atoms with Gasteiger partial charge in [-0.15, -0.1) is 0 Å². The SMILES string of the molecule is COc1cc(C(=O)OCC(=O)c2ccc(Cl)cc2Cl)cc(OC)c1OCC(N)=O. The number of carbonyl (C=O) groups is 3. The highest BCUT2D eigenvalue weighted by Gasteiger charge is 2.20. The molecule has 29 heavy (non-hydrogen) atoms. The molecular formula is C19H17Cl2NO7. The quantitative estimate of drug-likeness (QED) is 0.469. The van der Waals surface area contributed by atoms with Crippen LogP contribution in [-0.2, 0) is 9.53 Å². The molecule has 0 fully saturated rings. The molecule has 1 amide bonds. The second kappa shape index (κ2) is 9.99. The Morgan fingerprint density at radius 3 is 2.10 bits per heavy atom. The largest absolute Gasteiger partial charge is 0.493 e. The number of carbonyl (C=O) groups excluding carboxylic acids is 3. The smallest absolute Gasteiger partial charge is 0.338 e. The number of primary amides is 1. The van der Waals surface area contributed by atoms with Crippen molar-refractivity contribution < 1.29 is 33.3 Å². The minimum atomic E-state index is -0.804. The van der Waals surface area contributed by atoms with E-state index in [2.05, 4.69) is 0 Å². The maximum Gasteiger partial charge on any atom is 0.338 e. The van der Waals surface area contributed by atoms with Gasteiger partial charge in [0.1, 0.15) is 0 Å². The first-order chi connectivity index (χ1) is 13.8. The van der Waals surface area contributed by atoms with Crippen LogP contribution in [-0.4, -0.2) is 45.1 Å². The van der Waals surface area contributed by atoms with Crippen LogP contribution in [0.4, 0.5) is 0 Å². The van der Waals surface area contributed by atoms with E-state index in [1.54, 1.807) is 0 Å². The standard InChI is InChI=1S/C19H17Cl2NO7/c1-26-15-5-10(6-16(27-2)18(15)28-9-17(22)24)19(25)29-8-14(23)12-4-3-11(20)7-13(12)21/h3-7H,8-9H2,1-2H3,(H2,22,24). The van der Waals surface area contributed by atoms with E-state index in [4.69, 9.17) is 47.9 Å². The van der Waals surface area contributed by atoms with Crippen LogP contribution < -0.4 is 19.9 Å². The van der Waals surface area contributed by atoms with Gasteiger partial charge >= 0.3 is 5.97 Å². The van der Waals surface area contributed by atoms with Crippen molar-refractivity contribution >= 4 is 40.9 Å². The third kappa shape index (κ3) is 5.75. The summed E-state index contributed by atoms with van der Waals surface area (Å²) in [5, 5.41) is 0.527. The first kappa shape index (κ1) is 22.3. The summed E-state index contributed by atoms with van der Waals surface area (Å²) in [4.78, 5) is 35.6. The number of halogens is 2. The van der Waals surface area contributed by atoms with Crippen molar-refractivity contribution in [3.05, 3.63) is 51.5 Å². The minimum absolute atomic E-state index is 0.0418. The van der Waals surface area contributed by atoms with Gasteiger partial charge in [0.25, 0.3) is 5.91 Å². The average Bonchev–Trinajstić information content (AvgIpc) is 2.69. The van der Waals surface area contributed by atoms with Gasteiger partial charge in [-0.1, -0.05) is 23.2 Å². The molecule has 0 aliphatic carbocycles. The highest BCUT2D eigenvalue weighted by atomic mass is 35.5. The lowest BCUT2D eigenvalue weighted by Gasteiger charge is -2.15. The molecule has 2 aromatic rings. The first-order valence-electron chi connectivity index (χ1n) is 8.09. The van der Waals surface area contributed by atoms with E-state index < -0.39 is 30.9 Å². The monoisotopic (exact) mass is 441 g/mol. The first-order valence-corrected chi connectivity index (χ1v) is 8.85. The van der Waals surface area contributed by atoms with E-state index in [1.165, 1.54) is 44.6 Å². The van der Waals surface area contributed by atoms with Crippen LogP contribution in [0.1, 0.15) is 20.7 Å². The van der Waals surface area contributed by atoms with Gasteiger partial charge in [-0.05, 0) is 30.3 Å². The maximum atomic E-state index is 12.4. The number of Topliss-reactive ketones (excluding diaryl/α,β-unsaturated/α-hetero) is 1. The molecule has 0 aliphatic heterocycles. The van der Waals surface area contributed by atoms with Crippen molar-refractivity contribution in [2.45, 2.75) is 0 Å². The minimum Gasteiger partial charge on any atom is -0.493 e. The van der Waals surface area contributed by atoms with Gasteiger partial charge in [0.15, 0.2) is 24.7 Å². The van der Waals surface area contributed by atoms with Gasteiger partial charge < -0.3 is 24.7 Å². The van der Waals surface area contributed by atoms with Crippen LogP contribution >= 0.6 is 23.2 Å². The molecule has 0 unspecified atom stereocenters. The number of hydrogen-bond donors (Lipinski definition) is 1. The fourth-order valence-electron chi connectivity index (χ4n) is 2.29. The molecule has 8 nitrogen and oxygen atoms in total. The molecule has 0 bridgehead atoms. The summed E-state index contributed by atoms with van der Waals surface area (Å²) in [5.41, 5.74) is 5.28. The Hall–Kier alpha value is -2.97. The summed E-state index contributed by atoms with van der Waals surface area (Å²) in [6.45, 7) is -0.947. The van der Waals surface area contributed by atoms with Gasteiger partial charge in [0.05, 0.1) is 24.8 Å². The number of esters is 1. The zero-order chi connectivity index (χ0) is 21.6. The second-order valence-corrected chi connectivity index (χ2v) is 6.43. The van der Waals surface area contributed by atoms with Crippen LogP contribution in [0.2, 0.25) is 10.0 Å². The number of methoxy groups -OCH3 is 2. The number of nitrogens with two attached hydrogens (primary N) is 1. The van der Waals surface area contributed by atoms with E-state index >= 15 is 0 Å². The molecule has 0 saturated carbocycles. The Morgan fingerprint density at radius 2 is 1.59 bits per heavy atom. The maximum absolute atomic E-state index is 12.4. The van der Waals surface area contributed by atoms with Gasteiger partial charge in [-0.25, -0.2) is 4.79 Å². The lowest BCUT2D eigenvalue weighted by molar-refractivity contribution is -0.120. The van der Waals surface area contributed by atoms with Crippen LogP contribution in [0, 0.1) is 0 Å². The lowest BCUT2D eigenvalue weighted by atomic mass is 10.1. The Labute approximate surface area is 176 Å². The average molecular weight is 442 g/mol. The summed E-state index contributed by atoms with van der Waals surface area (Å²) in [6, 6.07) is 7.00. The summed E-state index contributed by atoms with van der Waals surface area (Å²) in [6.07, 6.45) is 0. The Balaban J connectivity index is 2.17. The van der Waals surface area contributed by atoms with E-state index in [9.17, 15) is 14.4 Å². The third-order valence-electron chi connectivity index (χ3n) is 3.62. The summed E-state index contributed by atoms with van der Waals surface area (Å²) in [5.74, 6) is -1.68. The summed E-state index contributed by atoms with van der Waals surface area (Å²) in [7, 11) is 2.68. The molecule has 0 aromatic heterocycles. The topological polar surface area (TPSA) is 114 Å². The molecule has 0 saturated heterocycles. The number of rotatable bonds is 9. The molecule has 2 N–H and O–H groups in total. The second-order valence-electron chi connectivity index (χ2n) is 5.59. The highest BCUT2D eigenvalue weighted by Crippen LogP contribution is 2.38. The molecule has 2 aromatic carbocycles. The zero-order valence-corrected chi connectivity index (χ0v) is 17.0. The molecule has 0 heterocycles. The van der Waals surface area contributed by atoms with Crippen LogP contribution in [0.15, 0.2) is 30.3 Å². The van der Waals surface area contributed by atoms with Crippen LogP contribution in [0.3, 0.4) is 0 Å². The van der Waals surface area contributed by atoms with E-state index in [-0.39, 0.29) is 33.4 Å². The summed E-state index contributed by atoms with van der Waals surface area (Å²) < 4.78 is 20.7. The molecule has 0 spiro atoms. The van der Waals surface area contributed by atoms with E-state index in [0.717, 1.165) is 0 Å². The number of hydrogen-bond acceptors (Lipinski definition) is 7. The van der Waals surface area contributed by atoms with E-state index in [1.807, 2.05) is 0 Å². The van der Waals surface area contributed by atoms with Crippen molar-refractivity contribution in [2.24, 2.45) is 5.73 Å². The predicted octanol–water partition coefficient (Wildman–Crippen LogP) is 2.91. The Morgan fingerprint density at radius 1 is 0.966 bits per heavy atom. The molecule has 10 heteroatoms. The van der Waals surface area contributed by atoms with Crippen molar-refractivity contribution in [1.29, 1.82) is 0 Å². The van der Waals surface area contributed by atoms with Crippen LogP contribution in [0.25, 0.3) is 0 Å². The molecule has 0 radical (unpaired) electrons. The Kier molecular flexibility index (Phi) is 7.69. The number of ether oxygens (including phenoxy) is 4. The van der Waals surface area contributed by atoms with Crippen LogP contribution in [0.5, 0.6) is 17.2 Å².